The van der Waals surface area contributed by atoms with E-state index in [1.807, 2.05) is 18.2 Å². The van der Waals surface area contributed by atoms with Gasteiger partial charge in [0.2, 0.25) is 0 Å². The Hall–Kier alpha value is -1.31. The molecule has 0 aliphatic carbocycles. The third kappa shape index (κ3) is 2.13. The molecule has 2 nitrogen and oxygen atoms in total. The van der Waals surface area contributed by atoms with E-state index in [2.05, 4.69) is 10.8 Å². The summed E-state index contributed by atoms with van der Waals surface area (Å²) in [5.74, 6) is 0.373. The molecule has 0 unspecified atom stereocenters. The minimum absolute atomic E-state index is 0.373. The van der Waals surface area contributed by atoms with Gasteiger partial charge in [-0.25, -0.2) is 4.58 Å². The highest BCUT2D eigenvalue weighted by molar-refractivity contribution is 5.79. The zero-order valence-corrected chi connectivity index (χ0v) is 8.32. The van der Waals surface area contributed by atoms with Crippen molar-refractivity contribution >= 4 is 6.21 Å². The van der Waals surface area contributed by atoms with Gasteiger partial charge in [0, 0.05) is 12.8 Å². The Labute approximate surface area is 84.5 Å². The number of phenolic OH excluding ortho intramolecular Hbond substituents is 1. The molecule has 0 saturated carbocycles. The Morgan fingerprint density at radius 2 is 1.79 bits per heavy atom. The van der Waals surface area contributed by atoms with Crippen LogP contribution >= 0.6 is 0 Å². The van der Waals surface area contributed by atoms with E-state index in [4.69, 9.17) is 0 Å². The Balaban J connectivity index is 2.19. The number of benzene rings is 1. The van der Waals surface area contributed by atoms with Crippen LogP contribution < -0.4 is 0 Å². The number of aromatic hydroxyl groups is 1. The summed E-state index contributed by atoms with van der Waals surface area (Å²) in [6, 6.07) is 7.48. The third-order valence-electron chi connectivity index (χ3n) is 2.65. The van der Waals surface area contributed by atoms with Crippen LogP contribution in [0, 0.1) is 0 Å². The standard InChI is InChI=1S/C12H15NO/c14-12-7-3-2-6-11(12)10-13-8-4-1-5-9-13/h2-3,6-7,10H,1,4-5,8-9H2/p+1. The number of hydrogen-bond acceptors (Lipinski definition) is 1. The summed E-state index contributed by atoms with van der Waals surface area (Å²) in [6.07, 6.45) is 5.94. The molecule has 2 rings (SSSR count). The summed E-state index contributed by atoms with van der Waals surface area (Å²) in [4.78, 5) is 0. The molecule has 0 spiro atoms. The maximum absolute atomic E-state index is 9.58. The van der Waals surface area contributed by atoms with E-state index in [0.717, 1.165) is 18.7 Å². The summed E-state index contributed by atoms with van der Waals surface area (Å²) < 4.78 is 2.29. The van der Waals surface area contributed by atoms with Crippen molar-refractivity contribution in [3.05, 3.63) is 29.8 Å². The summed E-state index contributed by atoms with van der Waals surface area (Å²) in [5.41, 5.74) is 0.925. The lowest BCUT2D eigenvalue weighted by Crippen LogP contribution is -2.21. The Morgan fingerprint density at radius 1 is 1.07 bits per heavy atom. The summed E-state index contributed by atoms with van der Waals surface area (Å²) in [7, 11) is 0. The van der Waals surface area contributed by atoms with Gasteiger partial charge in [-0.1, -0.05) is 12.1 Å². The Kier molecular flexibility index (Phi) is 2.82. The molecule has 0 bridgehead atoms. The molecule has 0 amide bonds. The molecule has 14 heavy (non-hydrogen) atoms. The summed E-state index contributed by atoms with van der Waals surface area (Å²) in [5, 5.41) is 9.58. The van der Waals surface area contributed by atoms with Crippen molar-refractivity contribution in [2.75, 3.05) is 13.1 Å². The number of hydrogen-bond donors (Lipinski definition) is 1. The van der Waals surface area contributed by atoms with Crippen molar-refractivity contribution in [3.63, 3.8) is 0 Å². The van der Waals surface area contributed by atoms with Crippen LogP contribution in [0.5, 0.6) is 5.75 Å². The number of rotatable bonds is 1. The topological polar surface area (TPSA) is 23.2 Å². The van der Waals surface area contributed by atoms with E-state index in [9.17, 15) is 5.11 Å². The van der Waals surface area contributed by atoms with Gasteiger partial charge in [0.05, 0.1) is 5.56 Å². The number of piperidine rings is 1. The number of nitrogens with zero attached hydrogens (tertiary/aromatic N) is 1. The van der Waals surface area contributed by atoms with E-state index < -0.39 is 0 Å². The molecule has 1 fully saturated rings. The zero-order chi connectivity index (χ0) is 9.80. The van der Waals surface area contributed by atoms with Crippen molar-refractivity contribution in [1.29, 1.82) is 0 Å². The zero-order valence-electron chi connectivity index (χ0n) is 8.32. The van der Waals surface area contributed by atoms with E-state index in [-0.39, 0.29) is 0 Å². The predicted molar refractivity (Wildman–Crippen MR) is 57.1 cm³/mol. The van der Waals surface area contributed by atoms with Gasteiger partial charge in [-0.2, -0.15) is 0 Å². The predicted octanol–water partition coefficient (Wildman–Crippen LogP) is 2.01. The molecular weight excluding hydrogens is 174 g/mol. The third-order valence-corrected chi connectivity index (χ3v) is 2.65. The quantitative estimate of drug-likeness (QED) is 0.673. The van der Waals surface area contributed by atoms with Crippen LogP contribution in [0.1, 0.15) is 24.8 Å². The monoisotopic (exact) mass is 190 g/mol. The van der Waals surface area contributed by atoms with Crippen LogP contribution in [0.4, 0.5) is 0 Å². The second kappa shape index (κ2) is 4.27. The van der Waals surface area contributed by atoms with Gasteiger partial charge in [-0.3, -0.25) is 0 Å². The van der Waals surface area contributed by atoms with E-state index in [1.165, 1.54) is 19.3 Å². The molecule has 0 atom stereocenters. The first-order valence-corrected chi connectivity index (χ1v) is 5.23. The van der Waals surface area contributed by atoms with Crippen molar-refractivity contribution < 1.29 is 9.68 Å². The fourth-order valence-corrected chi connectivity index (χ4v) is 1.84. The highest BCUT2D eigenvalue weighted by Gasteiger charge is 2.11. The lowest BCUT2D eigenvalue weighted by Gasteiger charge is -2.09. The first-order valence-electron chi connectivity index (χ1n) is 5.23. The maximum Gasteiger partial charge on any atom is 0.174 e. The molecule has 1 saturated heterocycles. The van der Waals surface area contributed by atoms with Crippen molar-refractivity contribution in [1.82, 2.24) is 0 Å². The smallest absolute Gasteiger partial charge is 0.174 e. The average Bonchev–Trinajstić information content (AvgIpc) is 2.23. The van der Waals surface area contributed by atoms with Gasteiger partial charge in [0.1, 0.15) is 18.8 Å². The van der Waals surface area contributed by atoms with E-state index >= 15 is 0 Å². The summed E-state index contributed by atoms with van der Waals surface area (Å²) in [6.45, 7) is 2.24. The second-order valence-electron chi connectivity index (χ2n) is 3.78. The maximum atomic E-state index is 9.58. The molecule has 0 aromatic heterocycles. The number of para-hydroxylation sites is 1. The Morgan fingerprint density at radius 3 is 2.50 bits per heavy atom. The lowest BCUT2D eigenvalue weighted by atomic mass is 10.1. The molecule has 1 aliphatic rings. The molecule has 1 aromatic rings. The first-order chi connectivity index (χ1) is 6.86. The minimum Gasteiger partial charge on any atom is -0.507 e. The largest absolute Gasteiger partial charge is 0.507 e. The molecule has 74 valence electrons. The number of phenols is 1. The van der Waals surface area contributed by atoms with E-state index in [1.54, 1.807) is 6.07 Å². The van der Waals surface area contributed by atoms with Crippen LogP contribution in [0.15, 0.2) is 24.3 Å². The van der Waals surface area contributed by atoms with Crippen molar-refractivity contribution in [2.45, 2.75) is 19.3 Å². The highest BCUT2D eigenvalue weighted by Crippen LogP contribution is 2.13. The molecular formula is C12H16NO+. The minimum atomic E-state index is 0.373. The van der Waals surface area contributed by atoms with Crippen LogP contribution in [0.3, 0.4) is 0 Å². The molecule has 0 radical (unpaired) electrons. The van der Waals surface area contributed by atoms with Crippen LogP contribution in [-0.4, -0.2) is 29.0 Å². The lowest BCUT2D eigenvalue weighted by molar-refractivity contribution is -0.532. The first kappa shape index (κ1) is 9.25. The van der Waals surface area contributed by atoms with Crippen LogP contribution in [-0.2, 0) is 0 Å². The van der Waals surface area contributed by atoms with Crippen molar-refractivity contribution in [2.24, 2.45) is 0 Å². The van der Waals surface area contributed by atoms with Crippen molar-refractivity contribution in [3.8, 4) is 5.75 Å². The molecule has 1 aromatic carbocycles. The normalized spacial score (nSPS) is 16.7. The van der Waals surface area contributed by atoms with Gasteiger partial charge >= 0.3 is 0 Å². The van der Waals surface area contributed by atoms with Gasteiger partial charge in [0.15, 0.2) is 6.21 Å². The Bertz CT molecular complexity index is 336. The van der Waals surface area contributed by atoms with Gasteiger partial charge in [-0.05, 0) is 18.6 Å². The highest BCUT2D eigenvalue weighted by atomic mass is 16.3. The van der Waals surface area contributed by atoms with Gasteiger partial charge in [0.25, 0.3) is 0 Å². The van der Waals surface area contributed by atoms with E-state index in [0.29, 0.717) is 5.75 Å². The fourth-order valence-electron chi connectivity index (χ4n) is 1.84. The van der Waals surface area contributed by atoms with Gasteiger partial charge in [-0.15, -0.1) is 0 Å². The molecule has 2 heteroatoms. The molecule has 1 heterocycles. The average molecular weight is 190 g/mol. The SMILES string of the molecule is Oc1ccccc1C=[N+]1CCCCC1. The summed E-state index contributed by atoms with van der Waals surface area (Å²) >= 11 is 0. The van der Waals surface area contributed by atoms with Crippen LogP contribution in [0.25, 0.3) is 0 Å². The molecule has 1 aliphatic heterocycles. The van der Waals surface area contributed by atoms with Crippen LogP contribution in [0.2, 0.25) is 0 Å². The fraction of sp³-hybridized carbons (Fsp3) is 0.417. The molecule has 1 N–H and O–H groups in total. The second-order valence-corrected chi connectivity index (χ2v) is 3.78. The van der Waals surface area contributed by atoms with Gasteiger partial charge < -0.3 is 5.11 Å².